The fourth-order valence-electron chi connectivity index (χ4n) is 9.29. The molecule has 0 saturated heterocycles. The van der Waals surface area contributed by atoms with Crippen LogP contribution in [0.3, 0.4) is 0 Å². The van der Waals surface area contributed by atoms with Crippen molar-refractivity contribution < 1.29 is 4.42 Å². The highest BCUT2D eigenvalue weighted by molar-refractivity contribution is 6.22. The predicted octanol–water partition coefficient (Wildman–Crippen LogP) is 14.5. The van der Waals surface area contributed by atoms with Crippen LogP contribution in [0.5, 0.6) is 0 Å². The van der Waals surface area contributed by atoms with E-state index >= 15 is 0 Å². The van der Waals surface area contributed by atoms with Crippen LogP contribution < -0.4 is 0 Å². The molecule has 0 aliphatic carbocycles. The molecule has 0 unspecified atom stereocenters. The third kappa shape index (κ3) is 4.96. The standard InChI is InChI=1S/C55H32N4O/c1-2-15-36(16-3-1)53-56-54(40-23-22-33-12-4-5-17-37(33)28-40)58-55(57-53)47-32-50-46(44-27-25-35-14-9-11-21-42(35)52(44)60-50)31-49(47)59-48-30-39-19-7-6-18-38(39)29-45(48)43-26-24-34-13-8-10-20-41(34)51(43)59/h1-32H. The summed E-state index contributed by atoms with van der Waals surface area (Å²) < 4.78 is 9.34. The molecule has 0 radical (unpaired) electrons. The summed E-state index contributed by atoms with van der Waals surface area (Å²) >= 11 is 0. The van der Waals surface area contributed by atoms with Crippen LogP contribution in [0.25, 0.3) is 127 Å². The van der Waals surface area contributed by atoms with Crippen molar-refractivity contribution in [1.82, 2.24) is 19.5 Å². The monoisotopic (exact) mass is 764 g/mol. The molecule has 5 heteroatoms. The van der Waals surface area contributed by atoms with E-state index in [1.807, 2.05) is 18.2 Å². The minimum absolute atomic E-state index is 0.560. The summed E-state index contributed by atoms with van der Waals surface area (Å²) in [5, 5.41) is 13.7. The second-order valence-electron chi connectivity index (χ2n) is 15.6. The Morgan fingerprint density at radius 3 is 1.72 bits per heavy atom. The van der Waals surface area contributed by atoms with Crippen molar-refractivity contribution in [1.29, 1.82) is 0 Å². The lowest BCUT2D eigenvalue weighted by atomic mass is 10.0. The Kier molecular flexibility index (Phi) is 6.95. The third-order valence-electron chi connectivity index (χ3n) is 12.2. The summed E-state index contributed by atoms with van der Waals surface area (Å²) in [6.07, 6.45) is 0. The van der Waals surface area contributed by atoms with E-state index < -0.39 is 0 Å². The first-order valence-corrected chi connectivity index (χ1v) is 20.3. The molecule has 0 N–H and O–H groups in total. The fraction of sp³-hybridized carbons (Fsp3) is 0. The molecule has 0 saturated carbocycles. The Hall–Kier alpha value is -8.15. The minimum atomic E-state index is 0.560. The maximum atomic E-state index is 6.90. The first-order chi connectivity index (χ1) is 29.7. The summed E-state index contributed by atoms with van der Waals surface area (Å²) in [7, 11) is 0. The van der Waals surface area contributed by atoms with Crippen LogP contribution in [0, 0.1) is 0 Å². The second kappa shape index (κ2) is 12.7. The topological polar surface area (TPSA) is 56.7 Å². The number of benzene rings is 10. The van der Waals surface area contributed by atoms with Gasteiger partial charge in [0.15, 0.2) is 17.5 Å². The highest BCUT2D eigenvalue weighted by Crippen LogP contribution is 2.44. The number of fused-ring (bicyclic) bond motifs is 12. The molecule has 3 heterocycles. The third-order valence-corrected chi connectivity index (χ3v) is 12.2. The highest BCUT2D eigenvalue weighted by Gasteiger charge is 2.24. The second-order valence-corrected chi connectivity index (χ2v) is 15.6. The van der Waals surface area contributed by atoms with Gasteiger partial charge in [0.2, 0.25) is 0 Å². The van der Waals surface area contributed by atoms with Crippen LogP contribution in [-0.2, 0) is 0 Å². The van der Waals surface area contributed by atoms with Gasteiger partial charge in [0.05, 0.1) is 16.7 Å². The number of hydrogen-bond donors (Lipinski definition) is 0. The molecule has 3 aromatic heterocycles. The van der Waals surface area contributed by atoms with E-state index in [2.05, 4.69) is 180 Å². The van der Waals surface area contributed by atoms with Gasteiger partial charge in [-0.1, -0.05) is 158 Å². The van der Waals surface area contributed by atoms with Crippen LogP contribution in [0.1, 0.15) is 0 Å². The maximum Gasteiger partial charge on any atom is 0.166 e. The first-order valence-electron chi connectivity index (χ1n) is 20.3. The first kappa shape index (κ1) is 32.9. The number of aromatic nitrogens is 4. The van der Waals surface area contributed by atoms with E-state index in [1.54, 1.807) is 0 Å². The van der Waals surface area contributed by atoms with Gasteiger partial charge in [-0.2, -0.15) is 0 Å². The average Bonchev–Trinajstić information content (AvgIpc) is 3.85. The molecule has 0 bridgehead atoms. The van der Waals surface area contributed by atoms with Gasteiger partial charge in [-0.15, -0.1) is 0 Å². The van der Waals surface area contributed by atoms with Gasteiger partial charge < -0.3 is 8.98 Å². The summed E-state index contributed by atoms with van der Waals surface area (Å²) in [5.41, 5.74) is 7.49. The number of hydrogen-bond acceptors (Lipinski definition) is 4. The van der Waals surface area contributed by atoms with Gasteiger partial charge in [0.25, 0.3) is 0 Å². The summed E-state index contributed by atoms with van der Waals surface area (Å²) in [5.74, 6) is 1.76. The largest absolute Gasteiger partial charge is 0.455 e. The number of rotatable bonds is 4. The smallest absolute Gasteiger partial charge is 0.166 e. The zero-order valence-electron chi connectivity index (χ0n) is 32.2. The van der Waals surface area contributed by atoms with Gasteiger partial charge in [0, 0.05) is 49.0 Å². The molecule has 10 aromatic carbocycles. The molecule has 60 heavy (non-hydrogen) atoms. The van der Waals surface area contributed by atoms with E-state index in [9.17, 15) is 0 Å². The van der Waals surface area contributed by atoms with Crippen LogP contribution in [0.4, 0.5) is 0 Å². The van der Waals surface area contributed by atoms with Crippen LogP contribution in [0.2, 0.25) is 0 Å². The Morgan fingerprint density at radius 2 is 0.933 bits per heavy atom. The maximum absolute atomic E-state index is 6.90. The van der Waals surface area contributed by atoms with Crippen molar-refractivity contribution in [3.63, 3.8) is 0 Å². The molecule has 0 aliphatic rings. The average molecular weight is 765 g/mol. The van der Waals surface area contributed by atoms with Crippen molar-refractivity contribution in [2.24, 2.45) is 0 Å². The minimum Gasteiger partial charge on any atom is -0.455 e. The van der Waals surface area contributed by atoms with Crippen LogP contribution in [-0.4, -0.2) is 19.5 Å². The molecule has 0 amide bonds. The quantitative estimate of drug-likeness (QED) is 0.179. The Labute approximate surface area is 343 Å². The molecule has 5 nitrogen and oxygen atoms in total. The molecular weight excluding hydrogens is 733 g/mol. The van der Waals surface area contributed by atoms with Gasteiger partial charge in [-0.05, 0) is 68.7 Å². The van der Waals surface area contributed by atoms with Crippen molar-refractivity contribution in [3.8, 4) is 39.9 Å². The van der Waals surface area contributed by atoms with Crippen LogP contribution >= 0.6 is 0 Å². The summed E-state index contributed by atoms with van der Waals surface area (Å²) in [6, 6.07) is 68.7. The molecule has 13 rings (SSSR count). The van der Waals surface area contributed by atoms with Gasteiger partial charge in [-0.3, -0.25) is 0 Å². The van der Waals surface area contributed by atoms with E-state index in [-0.39, 0.29) is 0 Å². The van der Waals surface area contributed by atoms with Crippen molar-refractivity contribution in [3.05, 3.63) is 194 Å². The van der Waals surface area contributed by atoms with Crippen LogP contribution in [0.15, 0.2) is 199 Å². The Bertz CT molecular complexity index is 3900. The molecule has 0 aliphatic heterocycles. The summed E-state index contributed by atoms with van der Waals surface area (Å²) in [4.78, 5) is 15.9. The Morgan fingerprint density at radius 1 is 0.350 bits per heavy atom. The molecule has 0 fully saturated rings. The fourth-order valence-corrected chi connectivity index (χ4v) is 9.29. The normalized spacial score (nSPS) is 12.0. The Balaban J connectivity index is 1.20. The SMILES string of the molecule is c1ccc(-c2nc(-c3ccc4ccccc4c3)nc(-c3cc4oc5c6ccccc6ccc5c4cc3-n3c4cc5ccccc5cc4c4ccc5ccccc5c43)n2)cc1. The van der Waals surface area contributed by atoms with E-state index in [0.29, 0.717) is 17.5 Å². The lowest BCUT2D eigenvalue weighted by Crippen LogP contribution is -2.04. The molecular formula is C55H32N4O. The number of furan rings is 1. The van der Waals surface area contributed by atoms with E-state index in [1.165, 1.54) is 32.3 Å². The lowest BCUT2D eigenvalue weighted by molar-refractivity contribution is 0.672. The van der Waals surface area contributed by atoms with Crippen molar-refractivity contribution in [2.45, 2.75) is 0 Å². The van der Waals surface area contributed by atoms with Crippen molar-refractivity contribution >= 4 is 86.8 Å². The molecule has 13 aromatic rings. The van der Waals surface area contributed by atoms with E-state index in [4.69, 9.17) is 19.4 Å². The number of nitrogens with zero attached hydrogens (tertiary/aromatic N) is 4. The van der Waals surface area contributed by atoms with Crippen molar-refractivity contribution in [2.75, 3.05) is 0 Å². The van der Waals surface area contributed by atoms with Gasteiger partial charge in [-0.25, -0.2) is 15.0 Å². The van der Waals surface area contributed by atoms with E-state index in [0.717, 1.165) is 76.9 Å². The lowest BCUT2D eigenvalue weighted by Gasteiger charge is -2.16. The molecule has 0 atom stereocenters. The molecule has 278 valence electrons. The van der Waals surface area contributed by atoms with Gasteiger partial charge >= 0.3 is 0 Å². The zero-order chi connectivity index (χ0) is 39.3. The predicted molar refractivity (Wildman–Crippen MR) is 248 cm³/mol. The zero-order valence-corrected chi connectivity index (χ0v) is 32.2. The summed E-state index contributed by atoms with van der Waals surface area (Å²) in [6.45, 7) is 0. The highest BCUT2D eigenvalue weighted by atomic mass is 16.3. The van der Waals surface area contributed by atoms with Gasteiger partial charge in [0.1, 0.15) is 11.2 Å². The molecule has 0 spiro atoms.